The van der Waals surface area contributed by atoms with Crippen LogP contribution in [0.5, 0.6) is 0 Å². The molecule has 0 bridgehead atoms. The van der Waals surface area contributed by atoms with Crippen molar-refractivity contribution in [3.8, 4) is 0 Å². The maximum atomic E-state index is 12.8. The lowest BCUT2D eigenvalue weighted by Gasteiger charge is -2.34. The van der Waals surface area contributed by atoms with Crippen LogP contribution in [0.3, 0.4) is 0 Å². The summed E-state index contributed by atoms with van der Waals surface area (Å²) in [4.78, 5) is 0.397. The fourth-order valence-corrected chi connectivity index (χ4v) is 4.72. The predicted octanol–water partition coefficient (Wildman–Crippen LogP) is 2.28. The van der Waals surface area contributed by atoms with Gasteiger partial charge in [0.1, 0.15) is 0 Å². The molecule has 5 heteroatoms. The van der Waals surface area contributed by atoms with Gasteiger partial charge in [0.05, 0.1) is 4.90 Å². The summed E-state index contributed by atoms with van der Waals surface area (Å²) in [7, 11) is -3.40. The summed E-state index contributed by atoms with van der Waals surface area (Å²) in [6, 6.07) is 7.45. The Hall–Kier alpha value is -0.910. The molecule has 1 aromatic carbocycles. The van der Waals surface area contributed by atoms with Crippen LogP contribution in [0.2, 0.25) is 0 Å². The smallest absolute Gasteiger partial charge is 0.243 e. The van der Waals surface area contributed by atoms with E-state index < -0.39 is 10.0 Å². The molecule has 0 atom stereocenters. The average molecular weight is 296 g/mol. The van der Waals surface area contributed by atoms with Crippen LogP contribution < -0.4 is 5.73 Å². The first-order valence-corrected chi connectivity index (χ1v) is 8.73. The van der Waals surface area contributed by atoms with Gasteiger partial charge in [0.25, 0.3) is 0 Å². The third kappa shape index (κ3) is 3.22. The van der Waals surface area contributed by atoms with E-state index in [9.17, 15) is 8.42 Å². The second-order valence-electron chi connectivity index (χ2n) is 5.59. The van der Waals surface area contributed by atoms with Crippen LogP contribution in [-0.4, -0.2) is 31.4 Å². The Morgan fingerprint density at radius 2 is 1.90 bits per heavy atom. The highest BCUT2D eigenvalue weighted by atomic mass is 32.2. The zero-order valence-corrected chi connectivity index (χ0v) is 13.1. The van der Waals surface area contributed by atoms with E-state index in [2.05, 4.69) is 0 Å². The lowest BCUT2D eigenvalue weighted by Crippen LogP contribution is -2.44. The molecule has 0 saturated heterocycles. The topological polar surface area (TPSA) is 63.4 Å². The normalized spacial score (nSPS) is 24.0. The van der Waals surface area contributed by atoms with Crippen LogP contribution in [0, 0.1) is 6.92 Å². The largest absolute Gasteiger partial charge is 0.328 e. The number of nitrogens with two attached hydrogens (primary N) is 1. The molecular formula is C15H24N2O2S. The number of benzene rings is 1. The van der Waals surface area contributed by atoms with Crippen molar-refractivity contribution in [1.29, 1.82) is 0 Å². The monoisotopic (exact) mass is 296 g/mol. The van der Waals surface area contributed by atoms with E-state index in [-0.39, 0.29) is 12.1 Å². The molecule has 1 aliphatic carbocycles. The summed E-state index contributed by atoms with van der Waals surface area (Å²) in [5, 5.41) is 0. The number of aryl methyl sites for hydroxylation is 1. The summed E-state index contributed by atoms with van der Waals surface area (Å²) in [6.45, 7) is 4.33. The van der Waals surface area contributed by atoms with Crippen LogP contribution in [-0.2, 0) is 10.0 Å². The third-order valence-electron chi connectivity index (χ3n) is 4.06. The standard InChI is InChI=1S/C15H24N2O2S/c1-3-17(14-9-7-13(16)8-10-14)20(18,19)15-6-4-5-12(2)11-15/h4-6,11,13-14H,3,7-10,16H2,1-2H3. The van der Waals surface area contributed by atoms with Gasteiger partial charge in [-0.2, -0.15) is 4.31 Å². The highest BCUT2D eigenvalue weighted by Gasteiger charge is 2.32. The van der Waals surface area contributed by atoms with Crippen molar-refractivity contribution in [3.05, 3.63) is 29.8 Å². The minimum Gasteiger partial charge on any atom is -0.328 e. The minimum atomic E-state index is -3.40. The second-order valence-corrected chi connectivity index (χ2v) is 7.48. The average Bonchev–Trinajstić information content (AvgIpc) is 2.41. The number of nitrogens with zero attached hydrogens (tertiary/aromatic N) is 1. The van der Waals surface area contributed by atoms with E-state index >= 15 is 0 Å². The Morgan fingerprint density at radius 1 is 1.25 bits per heavy atom. The van der Waals surface area contributed by atoms with Gasteiger partial charge in [-0.15, -0.1) is 0 Å². The number of rotatable bonds is 4. The molecule has 1 saturated carbocycles. The van der Waals surface area contributed by atoms with Crippen LogP contribution in [0.15, 0.2) is 29.2 Å². The molecule has 0 unspecified atom stereocenters. The van der Waals surface area contributed by atoms with Crippen molar-refractivity contribution in [2.24, 2.45) is 5.73 Å². The van der Waals surface area contributed by atoms with E-state index in [1.807, 2.05) is 19.9 Å². The van der Waals surface area contributed by atoms with E-state index in [1.54, 1.807) is 22.5 Å². The second kappa shape index (κ2) is 6.24. The van der Waals surface area contributed by atoms with Crippen LogP contribution in [0.1, 0.15) is 38.2 Å². The number of sulfonamides is 1. The van der Waals surface area contributed by atoms with Gasteiger partial charge in [0.15, 0.2) is 0 Å². The number of hydrogen-bond acceptors (Lipinski definition) is 3. The fourth-order valence-electron chi connectivity index (χ4n) is 2.93. The van der Waals surface area contributed by atoms with Gasteiger partial charge in [-0.25, -0.2) is 8.42 Å². The van der Waals surface area contributed by atoms with Crippen molar-refractivity contribution >= 4 is 10.0 Å². The van der Waals surface area contributed by atoms with Gasteiger partial charge in [-0.05, 0) is 50.3 Å². The summed E-state index contributed by atoms with van der Waals surface area (Å²) in [6.07, 6.45) is 3.54. The number of hydrogen-bond donors (Lipinski definition) is 1. The highest BCUT2D eigenvalue weighted by Crippen LogP contribution is 2.27. The fraction of sp³-hybridized carbons (Fsp3) is 0.600. The van der Waals surface area contributed by atoms with Gasteiger partial charge in [0.2, 0.25) is 10.0 Å². The van der Waals surface area contributed by atoms with E-state index in [4.69, 9.17) is 5.73 Å². The molecule has 4 nitrogen and oxygen atoms in total. The van der Waals surface area contributed by atoms with Crippen molar-refractivity contribution in [3.63, 3.8) is 0 Å². The van der Waals surface area contributed by atoms with Gasteiger partial charge in [-0.1, -0.05) is 19.1 Å². The van der Waals surface area contributed by atoms with Gasteiger partial charge < -0.3 is 5.73 Å². The van der Waals surface area contributed by atoms with Gasteiger partial charge in [-0.3, -0.25) is 0 Å². The Morgan fingerprint density at radius 3 is 2.45 bits per heavy atom. The Labute approximate surface area is 122 Å². The maximum Gasteiger partial charge on any atom is 0.243 e. The highest BCUT2D eigenvalue weighted by molar-refractivity contribution is 7.89. The zero-order chi connectivity index (χ0) is 14.8. The molecule has 112 valence electrons. The molecule has 1 aliphatic rings. The molecule has 0 aliphatic heterocycles. The molecule has 0 aromatic heterocycles. The Kier molecular flexibility index (Phi) is 4.83. The minimum absolute atomic E-state index is 0.0883. The summed E-state index contributed by atoms with van der Waals surface area (Å²) < 4.78 is 27.2. The van der Waals surface area contributed by atoms with Crippen molar-refractivity contribution < 1.29 is 8.42 Å². The van der Waals surface area contributed by atoms with Crippen LogP contribution in [0.25, 0.3) is 0 Å². The van der Waals surface area contributed by atoms with Gasteiger partial charge >= 0.3 is 0 Å². The molecule has 2 rings (SSSR count). The summed E-state index contributed by atoms with van der Waals surface area (Å²) in [5.41, 5.74) is 6.88. The zero-order valence-electron chi connectivity index (χ0n) is 12.2. The molecule has 2 N–H and O–H groups in total. The van der Waals surface area contributed by atoms with Crippen LogP contribution >= 0.6 is 0 Å². The molecule has 0 radical (unpaired) electrons. The van der Waals surface area contributed by atoms with E-state index in [1.165, 1.54) is 0 Å². The first-order chi connectivity index (χ1) is 9.45. The molecule has 20 heavy (non-hydrogen) atoms. The first-order valence-electron chi connectivity index (χ1n) is 7.29. The van der Waals surface area contributed by atoms with Crippen molar-refractivity contribution in [1.82, 2.24) is 4.31 Å². The molecule has 0 spiro atoms. The van der Waals surface area contributed by atoms with Crippen LogP contribution in [0.4, 0.5) is 0 Å². The lowest BCUT2D eigenvalue weighted by molar-refractivity contribution is 0.247. The Bertz CT molecular complexity index is 549. The SMILES string of the molecule is CCN(C1CCC(N)CC1)S(=O)(=O)c1cccc(C)c1. The molecule has 1 fully saturated rings. The predicted molar refractivity (Wildman–Crippen MR) is 81.0 cm³/mol. The third-order valence-corrected chi connectivity index (χ3v) is 6.08. The van der Waals surface area contributed by atoms with Crippen molar-refractivity contribution in [2.45, 2.75) is 56.5 Å². The first kappa shape index (κ1) is 15.5. The summed E-state index contributed by atoms with van der Waals surface area (Å²) in [5.74, 6) is 0. The lowest BCUT2D eigenvalue weighted by atomic mass is 9.92. The molecule has 0 heterocycles. The quantitative estimate of drug-likeness (QED) is 0.927. The molecule has 1 aromatic rings. The van der Waals surface area contributed by atoms with E-state index in [0.29, 0.717) is 11.4 Å². The molecular weight excluding hydrogens is 272 g/mol. The summed E-state index contributed by atoms with van der Waals surface area (Å²) >= 11 is 0. The Balaban J connectivity index is 2.26. The molecule has 0 amide bonds. The van der Waals surface area contributed by atoms with E-state index in [0.717, 1.165) is 31.2 Å². The van der Waals surface area contributed by atoms with Crippen molar-refractivity contribution in [2.75, 3.05) is 6.54 Å². The van der Waals surface area contributed by atoms with Gasteiger partial charge in [0, 0.05) is 18.6 Å². The maximum absolute atomic E-state index is 12.8.